The smallest absolute Gasteiger partial charge is 0.242 e. The largest absolute Gasteiger partial charge is 0.325 e. The van der Waals surface area contributed by atoms with Gasteiger partial charge in [0.2, 0.25) is 15.9 Å². The number of rotatable bonds is 6. The zero-order valence-electron chi connectivity index (χ0n) is 14.5. The Labute approximate surface area is 151 Å². The van der Waals surface area contributed by atoms with Gasteiger partial charge in [0.15, 0.2) is 5.78 Å². The summed E-state index contributed by atoms with van der Waals surface area (Å²) in [7, 11) is -3.95. The second-order valence-corrected chi connectivity index (χ2v) is 7.59. The quantitative estimate of drug-likeness (QED) is 0.756. The summed E-state index contributed by atoms with van der Waals surface area (Å²) >= 11 is 0. The number of carbonyl (C=O) groups excluding carboxylic acids is 2. The Morgan fingerprint density at radius 3 is 2.23 bits per heavy atom. The highest BCUT2D eigenvalue weighted by Gasteiger charge is 2.22. The van der Waals surface area contributed by atoms with Gasteiger partial charge in [0.05, 0.1) is 10.9 Å². The highest BCUT2D eigenvalue weighted by Crippen LogP contribution is 2.15. The van der Waals surface area contributed by atoms with Gasteiger partial charge in [-0.2, -0.15) is 4.72 Å². The molecule has 0 aliphatic heterocycles. The molecule has 26 heavy (non-hydrogen) atoms. The van der Waals surface area contributed by atoms with Gasteiger partial charge in [-0.25, -0.2) is 12.8 Å². The SMILES string of the molecule is CC(=O)c1ccc(S(=O)(=O)N[C@@H](C)C(=O)Nc2ccc(C)c(F)c2)cc1. The fourth-order valence-corrected chi connectivity index (χ4v) is 3.35. The zero-order valence-corrected chi connectivity index (χ0v) is 15.4. The summed E-state index contributed by atoms with van der Waals surface area (Å²) in [6.45, 7) is 4.35. The van der Waals surface area contributed by atoms with E-state index in [9.17, 15) is 22.4 Å². The Hall–Kier alpha value is -2.58. The Kier molecular flexibility index (Phi) is 5.89. The Morgan fingerprint density at radius 2 is 1.69 bits per heavy atom. The second-order valence-electron chi connectivity index (χ2n) is 5.88. The zero-order chi connectivity index (χ0) is 19.5. The first-order chi connectivity index (χ1) is 12.1. The standard InChI is InChI=1S/C18H19FN2O4S/c1-11-4-7-15(10-17(11)19)20-18(23)12(2)21-26(24,25)16-8-5-14(6-9-16)13(3)22/h4-10,12,21H,1-3H3,(H,20,23)/t12-/m0/s1. The maximum Gasteiger partial charge on any atom is 0.242 e. The molecular formula is C18H19FN2O4S. The van der Waals surface area contributed by atoms with Crippen LogP contribution in [0.5, 0.6) is 0 Å². The molecule has 0 heterocycles. The average Bonchev–Trinajstić information content (AvgIpc) is 2.57. The molecule has 0 fully saturated rings. The molecule has 1 amide bonds. The fourth-order valence-electron chi connectivity index (χ4n) is 2.14. The molecule has 1 atom stereocenters. The maximum absolute atomic E-state index is 13.5. The predicted octanol–water partition coefficient (Wildman–Crippen LogP) is 2.64. The molecule has 6 nitrogen and oxygen atoms in total. The van der Waals surface area contributed by atoms with Gasteiger partial charge in [-0.3, -0.25) is 9.59 Å². The number of hydrogen-bond acceptors (Lipinski definition) is 4. The molecule has 0 radical (unpaired) electrons. The summed E-state index contributed by atoms with van der Waals surface area (Å²) in [5, 5.41) is 2.46. The van der Waals surface area contributed by atoms with E-state index >= 15 is 0 Å². The van der Waals surface area contributed by atoms with E-state index in [4.69, 9.17) is 0 Å². The molecule has 0 unspecified atom stereocenters. The minimum Gasteiger partial charge on any atom is -0.325 e. The molecule has 2 rings (SSSR count). The van der Waals surface area contributed by atoms with Crippen molar-refractivity contribution in [2.75, 3.05) is 5.32 Å². The van der Waals surface area contributed by atoms with Crippen LogP contribution >= 0.6 is 0 Å². The van der Waals surface area contributed by atoms with Crippen LogP contribution in [0.4, 0.5) is 10.1 Å². The number of carbonyl (C=O) groups is 2. The van der Waals surface area contributed by atoms with Gasteiger partial charge >= 0.3 is 0 Å². The lowest BCUT2D eigenvalue weighted by Gasteiger charge is -2.15. The number of hydrogen-bond donors (Lipinski definition) is 2. The molecule has 0 saturated heterocycles. The van der Waals surface area contributed by atoms with Crippen LogP contribution in [0.15, 0.2) is 47.4 Å². The van der Waals surface area contributed by atoms with Crippen LogP contribution in [0.3, 0.4) is 0 Å². The second kappa shape index (κ2) is 7.76. The molecule has 8 heteroatoms. The molecule has 0 aliphatic rings. The normalized spacial score (nSPS) is 12.5. The summed E-state index contributed by atoms with van der Waals surface area (Å²) in [6, 6.07) is 8.49. The molecule has 2 aromatic rings. The lowest BCUT2D eigenvalue weighted by atomic mass is 10.2. The van der Waals surface area contributed by atoms with Gasteiger partial charge < -0.3 is 5.32 Å². The van der Waals surface area contributed by atoms with Crippen LogP contribution in [-0.2, 0) is 14.8 Å². The van der Waals surface area contributed by atoms with Crippen molar-refractivity contribution in [3.8, 4) is 0 Å². The number of anilines is 1. The van der Waals surface area contributed by atoms with Gasteiger partial charge in [0, 0.05) is 11.3 Å². The number of ketones is 1. The van der Waals surface area contributed by atoms with Crippen LogP contribution < -0.4 is 10.0 Å². The number of benzene rings is 2. The van der Waals surface area contributed by atoms with Gasteiger partial charge in [-0.05, 0) is 50.6 Å². The van der Waals surface area contributed by atoms with Crippen molar-refractivity contribution in [3.05, 3.63) is 59.4 Å². The Bertz CT molecular complexity index is 940. The van der Waals surface area contributed by atoms with E-state index in [1.54, 1.807) is 6.92 Å². The highest BCUT2D eigenvalue weighted by molar-refractivity contribution is 7.89. The average molecular weight is 378 g/mol. The first-order valence-electron chi connectivity index (χ1n) is 7.80. The van der Waals surface area contributed by atoms with Crippen molar-refractivity contribution < 1.29 is 22.4 Å². The van der Waals surface area contributed by atoms with E-state index in [1.807, 2.05) is 0 Å². The van der Waals surface area contributed by atoms with Gasteiger partial charge in [-0.15, -0.1) is 0 Å². The third kappa shape index (κ3) is 4.74. The lowest BCUT2D eigenvalue weighted by molar-refractivity contribution is -0.117. The molecule has 138 valence electrons. The molecule has 2 aromatic carbocycles. The maximum atomic E-state index is 13.5. The van der Waals surface area contributed by atoms with Crippen molar-refractivity contribution in [2.45, 2.75) is 31.7 Å². The molecule has 2 N–H and O–H groups in total. The number of Topliss-reactive ketones (excluding diaryl/α,β-unsaturated/α-hetero) is 1. The molecule has 0 saturated carbocycles. The van der Waals surface area contributed by atoms with E-state index in [-0.39, 0.29) is 16.4 Å². The van der Waals surface area contributed by atoms with Crippen LogP contribution in [0.25, 0.3) is 0 Å². The Morgan fingerprint density at radius 1 is 1.08 bits per heavy atom. The first kappa shape index (κ1) is 19.7. The predicted molar refractivity (Wildman–Crippen MR) is 96.0 cm³/mol. The fraction of sp³-hybridized carbons (Fsp3) is 0.222. The summed E-state index contributed by atoms with van der Waals surface area (Å²) in [4.78, 5) is 23.3. The van der Waals surface area contributed by atoms with Crippen molar-refractivity contribution in [1.82, 2.24) is 4.72 Å². The lowest BCUT2D eigenvalue weighted by Crippen LogP contribution is -2.41. The van der Waals surface area contributed by atoms with Crippen molar-refractivity contribution in [2.24, 2.45) is 0 Å². The minimum absolute atomic E-state index is 0.0662. The molecule has 0 aliphatic carbocycles. The summed E-state index contributed by atoms with van der Waals surface area (Å²) in [5.41, 5.74) is 1.05. The van der Waals surface area contributed by atoms with E-state index in [1.165, 1.54) is 50.2 Å². The summed E-state index contributed by atoms with van der Waals surface area (Å²) in [6.07, 6.45) is 0. The number of amides is 1. The monoisotopic (exact) mass is 378 g/mol. The van der Waals surface area contributed by atoms with E-state index < -0.39 is 27.8 Å². The van der Waals surface area contributed by atoms with Gasteiger partial charge in [-0.1, -0.05) is 18.2 Å². The Balaban J connectivity index is 2.08. The van der Waals surface area contributed by atoms with Crippen molar-refractivity contribution >= 4 is 27.4 Å². The number of sulfonamides is 1. The summed E-state index contributed by atoms with van der Waals surface area (Å²) in [5.74, 6) is -1.28. The summed E-state index contributed by atoms with van der Waals surface area (Å²) < 4.78 is 40.5. The molecule has 0 aromatic heterocycles. The third-order valence-electron chi connectivity index (χ3n) is 3.74. The van der Waals surface area contributed by atoms with E-state index in [0.717, 1.165) is 6.07 Å². The third-order valence-corrected chi connectivity index (χ3v) is 5.29. The van der Waals surface area contributed by atoms with Crippen LogP contribution in [0.1, 0.15) is 29.8 Å². The highest BCUT2D eigenvalue weighted by atomic mass is 32.2. The van der Waals surface area contributed by atoms with Gasteiger partial charge in [0.25, 0.3) is 0 Å². The van der Waals surface area contributed by atoms with Crippen LogP contribution in [-0.4, -0.2) is 26.2 Å². The van der Waals surface area contributed by atoms with Crippen LogP contribution in [0, 0.1) is 12.7 Å². The first-order valence-corrected chi connectivity index (χ1v) is 9.29. The van der Waals surface area contributed by atoms with Crippen molar-refractivity contribution in [3.63, 3.8) is 0 Å². The molecule has 0 spiro atoms. The number of nitrogens with one attached hydrogen (secondary N) is 2. The minimum atomic E-state index is -3.95. The van der Waals surface area contributed by atoms with Gasteiger partial charge in [0.1, 0.15) is 5.82 Å². The van der Waals surface area contributed by atoms with Crippen LogP contribution in [0.2, 0.25) is 0 Å². The van der Waals surface area contributed by atoms with E-state index in [0.29, 0.717) is 11.1 Å². The van der Waals surface area contributed by atoms with E-state index in [2.05, 4.69) is 10.0 Å². The number of aryl methyl sites for hydroxylation is 1. The topological polar surface area (TPSA) is 92.3 Å². The number of halogens is 1. The molecular weight excluding hydrogens is 359 g/mol. The molecule has 0 bridgehead atoms. The van der Waals surface area contributed by atoms with Crippen molar-refractivity contribution in [1.29, 1.82) is 0 Å².